The Morgan fingerprint density at radius 3 is 2.50 bits per heavy atom. The number of hydrogen-bond donors (Lipinski definition) is 0. The lowest BCUT2D eigenvalue weighted by Crippen LogP contribution is -2.51. The van der Waals surface area contributed by atoms with Gasteiger partial charge in [0, 0.05) is 45.3 Å². The third-order valence-electron chi connectivity index (χ3n) is 7.14. The first-order valence-corrected chi connectivity index (χ1v) is 12.9. The number of hydrogen-bond acceptors (Lipinski definition) is 6. The molecule has 178 valence electrons. The highest BCUT2D eigenvalue weighted by Gasteiger charge is 2.43. The van der Waals surface area contributed by atoms with Gasteiger partial charge in [-0.15, -0.1) is 0 Å². The zero-order valence-corrected chi connectivity index (χ0v) is 19.9. The first kappa shape index (κ1) is 23.3. The van der Waals surface area contributed by atoms with Crippen LogP contribution in [0.2, 0.25) is 0 Å². The van der Waals surface area contributed by atoms with E-state index in [1.54, 1.807) is 12.1 Å². The van der Waals surface area contributed by atoms with E-state index in [1.165, 1.54) is 24.6 Å². The van der Waals surface area contributed by atoms with Crippen molar-refractivity contribution in [3.63, 3.8) is 0 Å². The van der Waals surface area contributed by atoms with Gasteiger partial charge in [0.1, 0.15) is 16.4 Å². The normalized spacial score (nSPS) is 23.9. The summed E-state index contributed by atoms with van der Waals surface area (Å²) in [6, 6.07) is 4.81. The predicted molar refractivity (Wildman–Crippen MR) is 119 cm³/mol. The third kappa shape index (κ3) is 4.75. The van der Waals surface area contributed by atoms with Crippen molar-refractivity contribution in [3.8, 4) is 11.5 Å². The Kier molecular flexibility index (Phi) is 6.97. The number of methoxy groups -OCH3 is 2. The van der Waals surface area contributed by atoms with Crippen LogP contribution >= 0.6 is 0 Å². The van der Waals surface area contributed by atoms with Crippen molar-refractivity contribution in [3.05, 3.63) is 18.2 Å². The van der Waals surface area contributed by atoms with Gasteiger partial charge in [-0.25, -0.2) is 8.42 Å². The summed E-state index contributed by atoms with van der Waals surface area (Å²) in [5.41, 5.74) is -0.335. The second kappa shape index (κ2) is 9.57. The molecule has 8 nitrogen and oxygen atoms in total. The predicted octanol–water partition coefficient (Wildman–Crippen LogP) is 2.67. The standard InChI is InChI=1S/C23H34N2O6S/c1-29-19-5-6-20(30-2)21(16-19)32(27,28)25-12-8-23(9-13-25)17-18(7-14-31-23)15-22(26)24-10-3-4-11-24/h5-6,16,18H,3-4,7-15,17H2,1-2H3. The van der Waals surface area contributed by atoms with E-state index in [4.69, 9.17) is 14.2 Å². The van der Waals surface area contributed by atoms with E-state index in [-0.39, 0.29) is 16.4 Å². The van der Waals surface area contributed by atoms with Crippen molar-refractivity contribution in [2.75, 3.05) is 47.0 Å². The molecule has 0 aliphatic carbocycles. The van der Waals surface area contributed by atoms with Gasteiger partial charge in [-0.2, -0.15) is 4.31 Å². The van der Waals surface area contributed by atoms with Crippen LogP contribution in [-0.2, 0) is 19.6 Å². The van der Waals surface area contributed by atoms with Gasteiger partial charge in [-0.05, 0) is 56.6 Å². The van der Waals surface area contributed by atoms with Crippen LogP contribution in [0.4, 0.5) is 0 Å². The van der Waals surface area contributed by atoms with Crippen molar-refractivity contribution in [1.29, 1.82) is 0 Å². The van der Waals surface area contributed by atoms with Gasteiger partial charge in [0.2, 0.25) is 15.9 Å². The fraction of sp³-hybridized carbons (Fsp3) is 0.696. The van der Waals surface area contributed by atoms with E-state index in [9.17, 15) is 13.2 Å². The number of piperidine rings is 1. The number of carbonyl (C=O) groups excluding carboxylic acids is 1. The number of nitrogens with zero attached hydrogens (tertiary/aromatic N) is 2. The summed E-state index contributed by atoms with van der Waals surface area (Å²) in [6.45, 7) is 3.17. The number of benzene rings is 1. The topological polar surface area (TPSA) is 85.4 Å². The number of carbonyl (C=O) groups is 1. The minimum absolute atomic E-state index is 0.119. The zero-order valence-electron chi connectivity index (χ0n) is 19.0. The quantitative estimate of drug-likeness (QED) is 0.641. The monoisotopic (exact) mass is 466 g/mol. The van der Waals surface area contributed by atoms with Gasteiger partial charge < -0.3 is 19.1 Å². The molecule has 3 saturated heterocycles. The van der Waals surface area contributed by atoms with E-state index in [2.05, 4.69) is 0 Å². The summed E-state index contributed by atoms with van der Waals surface area (Å²) in [4.78, 5) is 14.7. The molecular formula is C23H34N2O6S. The molecule has 3 heterocycles. The Hall–Kier alpha value is -1.84. The molecule has 1 aromatic carbocycles. The van der Waals surface area contributed by atoms with Crippen molar-refractivity contribution in [1.82, 2.24) is 9.21 Å². The van der Waals surface area contributed by atoms with E-state index in [0.717, 1.165) is 38.8 Å². The molecule has 3 aliphatic rings. The molecule has 0 N–H and O–H groups in total. The van der Waals surface area contributed by atoms with Crippen LogP contribution in [0.15, 0.2) is 23.1 Å². The molecule has 1 unspecified atom stereocenters. The molecule has 0 radical (unpaired) electrons. The Morgan fingerprint density at radius 1 is 1.12 bits per heavy atom. The van der Waals surface area contributed by atoms with Crippen molar-refractivity contribution in [2.45, 2.75) is 55.4 Å². The molecule has 1 amide bonds. The molecule has 3 fully saturated rings. The number of sulfonamides is 1. The third-order valence-corrected chi connectivity index (χ3v) is 9.06. The Balaban J connectivity index is 1.41. The van der Waals surface area contributed by atoms with Crippen LogP contribution < -0.4 is 9.47 Å². The van der Waals surface area contributed by atoms with Gasteiger partial charge in [0.25, 0.3) is 0 Å². The molecule has 1 spiro atoms. The molecule has 3 aliphatic heterocycles. The fourth-order valence-corrected chi connectivity index (χ4v) is 6.87. The first-order chi connectivity index (χ1) is 15.4. The molecule has 32 heavy (non-hydrogen) atoms. The molecule has 1 atom stereocenters. The highest BCUT2D eigenvalue weighted by atomic mass is 32.2. The van der Waals surface area contributed by atoms with Crippen molar-refractivity contribution < 1.29 is 27.4 Å². The minimum Gasteiger partial charge on any atom is -0.497 e. The summed E-state index contributed by atoms with van der Waals surface area (Å²) in [6.07, 6.45) is 5.76. The molecule has 0 saturated carbocycles. The summed E-state index contributed by atoms with van der Waals surface area (Å²) in [7, 11) is -0.752. The lowest BCUT2D eigenvalue weighted by Gasteiger charge is -2.46. The Labute approximate surface area is 190 Å². The molecule has 0 bridgehead atoms. The first-order valence-electron chi connectivity index (χ1n) is 11.5. The van der Waals surface area contributed by atoms with Gasteiger partial charge in [0.15, 0.2) is 0 Å². The average molecular weight is 467 g/mol. The smallest absolute Gasteiger partial charge is 0.246 e. The highest BCUT2D eigenvalue weighted by molar-refractivity contribution is 7.89. The van der Waals surface area contributed by atoms with Crippen molar-refractivity contribution in [2.24, 2.45) is 5.92 Å². The number of likely N-dealkylation sites (tertiary alicyclic amines) is 1. The second-order valence-electron chi connectivity index (χ2n) is 9.10. The van der Waals surface area contributed by atoms with Crippen molar-refractivity contribution >= 4 is 15.9 Å². The van der Waals surface area contributed by atoms with Crippen LogP contribution in [-0.4, -0.2) is 76.1 Å². The maximum atomic E-state index is 13.4. The fourth-order valence-electron chi connectivity index (χ4n) is 5.25. The van der Waals surface area contributed by atoms with Crippen LogP contribution in [0.1, 0.15) is 44.9 Å². The largest absolute Gasteiger partial charge is 0.497 e. The number of rotatable bonds is 6. The van der Waals surface area contributed by atoms with E-state index in [0.29, 0.717) is 56.4 Å². The molecular weight excluding hydrogens is 432 g/mol. The van der Waals surface area contributed by atoms with Gasteiger partial charge in [0.05, 0.1) is 19.8 Å². The number of amides is 1. The van der Waals surface area contributed by atoms with E-state index < -0.39 is 10.0 Å². The SMILES string of the molecule is COc1ccc(OC)c(S(=O)(=O)N2CCC3(CC2)CC(CC(=O)N2CCCC2)CCO3)c1. The molecule has 1 aromatic rings. The maximum absolute atomic E-state index is 13.4. The highest BCUT2D eigenvalue weighted by Crippen LogP contribution is 2.41. The Bertz CT molecular complexity index is 920. The van der Waals surface area contributed by atoms with Gasteiger partial charge >= 0.3 is 0 Å². The number of ether oxygens (including phenoxy) is 3. The lowest BCUT2D eigenvalue weighted by molar-refractivity contribution is -0.139. The van der Waals surface area contributed by atoms with Crippen LogP contribution in [0.3, 0.4) is 0 Å². The van der Waals surface area contributed by atoms with Crippen LogP contribution in [0, 0.1) is 5.92 Å². The summed E-state index contributed by atoms with van der Waals surface area (Å²) in [5, 5.41) is 0. The second-order valence-corrected chi connectivity index (χ2v) is 11.0. The maximum Gasteiger partial charge on any atom is 0.246 e. The molecule has 9 heteroatoms. The summed E-state index contributed by atoms with van der Waals surface area (Å²) < 4.78 is 45.0. The van der Waals surface area contributed by atoms with Crippen LogP contribution in [0.5, 0.6) is 11.5 Å². The Morgan fingerprint density at radius 2 is 1.84 bits per heavy atom. The van der Waals surface area contributed by atoms with E-state index >= 15 is 0 Å². The molecule has 0 aromatic heterocycles. The van der Waals surface area contributed by atoms with Gasteiger partial charge in [-0.1, -0.05) is 0 Å². The summed E-state index contributed by atoms with van der Waals surface area (Å²) >= 11 is 0. The minimum atomic E-state index is -3.72. The van der Waals surface area contributed by atoms with Gasteiger partial charge in [-0.3, -0.25) is 4.79 Å². The van der Waals surface area contributed by atoms with Crippen LogP contribution in [0.25, 0.3) is 0 Å². The zero-order chi connectivity index (χ0) is 22.8. The van der Waals surface area contributed by atoms with E-state index in [1.807, 2.05) is 4.90 Å². The average Bonchev–Trinajstić information content (AvgIpc) is 3.34. The molecule has 4 rings (SSSR count). The summed E-state index contributed by atoms with van der Waals surface area (Å²) in [5.74, 6) is 1.34. The lowest BCUT2D eigenvalue weighted by atomic mass is 9.78.